The number of rotatable bonds is 6. The van der Waals surface area contributed by atoms with Crippen LogP contribution in [0.4, 0.5) is 9.18 Å². The van der Waals surface area contributed by atoms with E-state index in [1.807, 2.05) is 12.1 Å². The highest BCUT2D eigenvalue weighted by Crippen LogP contribution is 2.40. The third kappa shape index (κ3) is 6.68. The summed E-state index contributed by atoms with van der Waals surface area (Å²) in [5.41, 5.74) is 0.312. The lowest BCUT2D eigenvalue weighted by atomic mass is 9.74. The molecule has 2 saturated heterocycles. The molecule has 41 heavy (non-hydrogen) atoms. The maximum absolute atomic E-state index is 15.2. The lowest BCUT2D eigenvalue weighted by molar-refractivity contribution is -0.135. The van der Waals surface area contributed by atoms with Crippen LogP contribution >= 0.6 is 0 Å². The molecule has 3 fully saturated rings. The molecule has 2 aromatic carbocycles. The lowest BCUT2D eigenvalue weighted by Crippen LogP contribution is -2.64. The van der Waals surface area contributed by atoms with Crippen LogP contribution in [0.25, 0.3) is 11.1 Å². The Hall–Kier alpha value is -3.96. The first-order chi connectivity index (χ1) is 19.2. The van der Waals surface area contributed by atoms with Crippen molar-refractivity contribution in [2.24, 2.45) is 5.92 Å². The van der Waals surface area contributed by atoms with Crippen LogP contribution in [0.3, 0.4) is 0 Å². The Morgan fingerprint density at radius 1 is 1.10 bits per heavy atom. The first-order valence-corrected chi connectivity index (χ1v) is 15.4. The van der Waals surface area contributed by atoms with E-state index in [9.17, 15) is 28.5 Å². The van der Waals surface area contributed by atoms with Crippen molar-refractivity contribution in [2.75, 3.05) is 6.26 Å². The number of halogens is 1. The number of amides is 2. The first kappa shape index (κ1) is 30.0. The summed E-state index contributed by atoms with van der Waals surface area (Å²) >= 11 is 0. The largest absolute Gasteiger partial charge is 0.444 e. The number of nitrogens with one attached hydrogen (secondary N) is 1. The lowest BCUT2D eigenvalue weighted by Gasteiger charge is -2.50. The summed E-state index contributed by atoms with van der Waals surface area (Å²) in [6.07, 6.45) is 3.54. The summed E-state index contributed by atoms with van der Waals surface area (Å²) in [6, 6.07) is 10.5. The van der Waals surface area contributed by atoms with Gasteiger partial charge in [-0.05, 0) is 87.3 Å². The Labute approximate surface area is 239 Å². The smallest absolute Gasteiger partial charge is 0.411 e. The van der Waals surface area contributed by atoms with Crippen LogP contribution in [0.2, 0.25) is 0 Å². The van der Waals surface area contributed by atoms with Crippen molar-refractivity contribution in [3.63, 3.8) is 0 Å². The average molecular weight is 581 g/mol. The van der Waals surface area contributed by atoms with Gasteiger partial charge in [-0.2, -0.15) is 10.5 Å². The van der Waals surface area contributed by atoms with Gasteiger partial charge in [-0.25, -0.2) is 17.6 Å². The number of ether oxygens (including phenoxy) is 1. The number of fused-ring (bicyclic) bond motifs is 3. The molecular weight excluding hydrogens is 547 g/mol. The molecule has 5 rings (SSSR count). The summed E-state index contributed by atoms with van der Waals surface area (Å²) in [6.45, 7) is 5.29. The van der Waals surface area contributed by atoms with Crippen LogP contribution in [0.15, 0.2) is 41.3 Å². The van der Waals surface area contributed by atoms with Crippen molar-refractivity contribution >= 4 is 21.8 Å². The van der Waals surface area contributed by atoms with Gasteiger partial charge in [-0.3, -0.25) is 9.69 Å². The number of hydrogen-bond acceptors (Lipinski definition) is 7. The fraction of sp³-hybridized carbons (Fsp3) is 0.467. The van der Waals surface area contributed by atoms with Gasteiger partial charge in [0.1, 0.15) is 29.6 Å². The molecule has 2 heterocycles. The number of carbonyl (C=O) groups excluding carboxylic acids is 2. The Morgan fingerprint density at radius 3 is 2.29 bits per heavy atom. The van der Waals surface area contributed by atoms with E-state index in [-0.39, 0.29) is 34.4 Å². The number of nitrogens with zero attached hydrogens (tertiary/aromatic N) is 3. The predicted octanol–water partition coefficient (Wildman–Crippen LogP) is 4.50. The minimum atomic E-state index is -3.60. The van der Waals surface area contributed by atoms with Gasteiger partial charge in [0.2, 0.25) is 5.91 Å². The second kappa shape index (κ2) is 11.5. The summed E-state index contributed by atoms with van der Waals surface area (Å²) in [5, 5.41) is 21.9. The van der Waals surface area contributed by atoms with E-state index in [2.05, 4.69) is 5.32 Å². The highest BCUT2D eigenvalue weighted by Gasteiger charge is 2.49. The van der Waals surface area contributed by atoms with Crippen LogP contribution in [-0.2, 0) is 25.8 Å². The number of benzene rings is 2. The van der Waals surface area contributed by atoms with Gasteiger partial charge in [-0.15, -0.1) is 0 Å². The second-order valence-electron chi connectivity index (χ2n) is 11.7. The Morgan fingerprint density at radius 2 is 1.73 bits per heavy atom. The van der Waals surface area contributed by atoms with Gasteiger partial charge >= 0.3 is 6.09 Å². The molecule has 3 aliphatic rings. The molecule has 0 radical (unpaired) electrons. The second-order valence-corrected chi connectivity index (χ2v) is 13.7. The molecule has 2 aromatic rings. The molecule has 0 spiro atoms. The van der Waals surface area contributed by atoms with Crippen molar-refractivity contribution in [1.29, 1.82) is 10.5 Å². The SMILES string of the molecule is CC(C)(C)OC(=O)N1C2CCC(CC2)C1C(=O)N[C@H](C#N)Cc1ccc(-c2ccc(S(C)(=O)=O)c(C#N)c2)cc1F. The third-order valence-corrected chi connectivity index (χ3v) is 8.69. The van der Waals surface area contributed by atoms with Gasteiger partial charge in [0.15, 0.2) is 9.84 Å². The standard InChI is InChI=1S/C30H33FN4O5S/c1-30(2,3)40-29(37)35-24-10-7-18(8-11-24)27(35)28(36)34-23(17-33)14-21-6-5-20(15-25(21)31)19-9-12-26(41(4,38)39)22(13-19)16-32/h5-6,9,12-13,15,18,23-24,27H,7-8,10-11,14H2,1-4H3,(H,34,36)/t18?,23-,24?,27?/m0/s1. The molecule has 9 nitrogen and oxygen atoms in total. The molecule has 0 aromatic heterocycles. The van der Waals surface area contributed by atoms with Crippen LogP contribution in [-0.4, -0.2) is 55.3 Å². The van der Waals surface area contributed by atoms with Gasteiger partial charge < -0.3 is 10.1 Å². The van der Waals surface area contributed by atoms with Crippen molar-refractivity contribution in [1.82, 2.24) is 10.2 Å². The molecule has 1 N–H and O–H groups in total. The number of piperidine rings is 2. The molecule has 2 bridgehead atoms. The number of nitriles is 2. The fourth-order valence-electron chi connectivity index (χ4n) is 5.69. The third-order valence-electron chi connectivity index (χ3n) is 7.54. The van der Waals surface area contributed by atoms with Crippen LogP contribution in [0.5, 0.6) is 0 Å². The molecule has 1 unspecified atom stereocenters. The minimum absolute atomic E-state index is 0.0430. The van der Waals surface area contributed by atoms with E-state index in [1.54, 1.807) is 26.8 Å². The molecule has 1 saturated carbocycles. The van der Waals surface area contributed by atoms with E-state index in [0.29, 0.717) is 11.1 Å². The zero-order valence-corrected chi connectivity index (χ0v) is 24.3. The number of sulfone groups is 1. The number of hydrogen-bond donors (Lipinski definition) is 1. The van der Waals surface area contributed by atoms with E-state index in [4.69, 9.17) is 4.74 Å². The van der Waals surface area contributed by atoms with Crippen LogP contribution in [0.1, 0.15) is 57.6 Å². The maximum atomic E-state index is 15.2. The van der Waals surface area contributed by atoms with Crippen LogP contribution < -0.4 is 5.32 Å². The van der Waals surface area contributed by atoms with E-state index in [0.717, 1.165) is 31.9 Å². The van der Waals surface area contributed by atoms with Gasteiger partial charge in [0.25, 0.3) is 0 Å². The zero-order valence-electron chi connectivity index (χ0n) is 23.5. The van der Waals surface area contributed by atoms with Gasteiger partial charge in [0.05, 0.1) is 16.5 Å². The number of carbonyl (C=O) groups is 2. The minimum Gasteiger partial charge on any atom is -0.444 e. The van der Waals surface area contributed by atoms with E-state index >= 15 is 4.39 Å². The predicted molar refractivity (Wildman–Crippen MR) is 149 cm³/mol. The fourth-order valence-corrected chi connectivity index (χ4v) is 6.51. The highest BCUT2D eigenvalue weighted by atomic mass is 32.2. The summed E-state index contributed by atoms with van der Waals surface area (Å²) in [4.78, 5) is 27.9. The van der Waals surface area contributed by atoms with Gasteiger partial charge in [0, 0.05) is 18.7 Å². The highest BCUT2D eigenvalue weighted by molar-refractivity contribution is 7.90. The molecular formula is C30H33FN4O5S. The van der Waals surface area contributed by atoms with Crippen molar-refractivity contribution < 1.29 is 27.1 Å². The Bertz CT molecular complexity index is 1550. The molecule has 11 heteroatoms. The summed E-state index contributed by atoms with van der Waals surface area (Å²) in [7, 11) is -3.60. The monoisotopic (exact) mass is 580 g/mol. The molecule has 1 aliphatic carbocycles. The van der Waals surface area contributed by atoms with Crippen LogP contribution in [0, 0.1) is 34.4 Å². The Balaban J connectivity index is 1.50. The van der Waals surface area contributed by atoms with E-state index in [1.165, 1.54) is 35.2 Å². The first-order valence-electron chi connectivity index (χ1n) is 13.5. The van der Waals surface area contributed by atoms with E-state index < -0.39 is 45.3 Å². The van der Waals surface area contributed by atoms with Crippen molar-refractivity contribution in [3.8, 4) is 23.3 Å². The van der Waals surface area contributed by atoms with Crippen molar-refractivity contribution in [3.05, 3.63) is 53.3 Å². The van der Waals surface area contributed by atoms with Crippen molar-refractivity contribution in [2.45, 2.75) is 81.5 Å². The summed E-state index contributed by atoms with van der Waals surface area (Å²) in [5.74, 6) is -1.12. The maximum Gasteiger partial charge on any atom is 0.411 e. The zero-order chi connectivity index (χ0) is 30.1. The molecule has 216 valence electrons. The average Bonchev–Trinajstić information content (AvgIpc) is 2.91. The summed E-state index contributed by atoms with van der Waals surface area (Å²) < 4.78 is 44.6. The molecule has 2 atom stereocenters. The normalized spacial score (nSPS) is 21.0. The molecule has 2 aliphatic heterocycles. The molecule has 2 amide bonds. The Kier molecular flexibility index (Phi) is 8.41. The topological polar surface area (TPSA) is 140 Å². The quantitative estimate of drug-likeness (QED) is 0.531. The van der Waals surface area contributed by atoms with Gasteiger partial charge in [-0.1, -0.05) is 18.2 Å².